The molecule has 26 heavy (non-hydrogen) atoms. The van der Waals surface area contributed by atoms with Crippen LogP contribution in [0.4, 0.5) is 13.6 Å². The fourth-order valence-corrected chi connectivity index (χ4v) is 3.71. The average molecular weight is 383 g/mol. The van der Waals surface area contributed by atoms with Gasteiger partial charge >= 0.3 is 12.3 Å². The molecule has 138 valence electrons. The van der Waals surface area contributed by atoms with Crippen LogP contribution in [-0.2, 0) is 6.61 Å². The van der Waals surface area contributed by atoms with E-state index >= 15 is 0 Å². The number of halogens is 2. The molecule has 0 unspecified atom stereocenters. The molecule has 0 saturated carbocycles. The van der Waals surface area contributed by atoms with Crippen molar-refractivity contribution in [2.24, 2.45) is 4.99 Å². The van der Waals surface area contributed by atoms with Gasteiger partial charge in [0.25, 0.3) is 0 Å². The summed E-state index contributed by atoms with van der Waals surface area (Å²) in [5.74, 6) is -0.169. The van der Waals surface area contributed by atoms with Crippen molar-refractivity contribution in [3.05, 3.63) is 34.1 Å². The minimum absolute atomic E-state index is 0.0661. The zero-order chi connectivity index (χ0) is 18.3. The maximum atomic E-state index is 13.2. The predicted molar refractivity (Wildman–Crippen MR) is 87.5 cm³/mol. The molecule has 0 spiro atoms. The predicted octanol–water partition coefficient (Wildman–Crippen LogP) is 2.47. The summed E-state index contributed by atoms with van der Waals surface area (Å²) in [6.07, 6.45) is -0.195. The van der Waals surface area contributed by atoms with E-state index in [-0.39, 0.29) is 24.1 Å². The van der Waals surface area contributed by atoms with Crippen LogP contribution >= 0.6 is 11.3 Å². The molecule has 1 N–H and O–H groups in total. The molecule has 1 aromatic carbocycles. The number of aromatic nitrogens is 1. The summed E-state index contributed by atoms with van der Waals surface area (Å²) in [6, 6.07) is 3.94. The zero-order valence-electron chi connectivity index (χ0n) is 13.5. The number of thiazole rings is 1. The van der Waals surface area contributed by atoms with Crippen molar-refractivity contribution in [1.29, 1.82) is 0 Å². The molecule has 4 rings (SSSR count). The third-order valence-corrected chi connectivity index (χ3v) is 5.06. The van der Waals surface area contributed by atoms with E-state index in [1.807, 2.05) is 0 Å². The van der Waals surface area contributed by atoms with E-state index in [4.69, 9.17) is 0 Å². The molecule has 0 aliphatic carbocycles. The molecule has 1 saturated heterocycles. The number of ether oxygens (including phenoxy) is 2. The van der Waals surface area contributed by atoms with E-state index in [1.54, 1.807) is 21.7 Å². The fraction of sp³-hybridized carbons (Fsp3) is 0.375. The second-order valence-corrected chi connectivity index (χ2v) is 6.99. The molecule has 2 aliphatic heterocycles. The maximum Gasteiger partial charge on any atom is 0.586 e. The monoisotopic (exact) mass is 383 g/mol. The molecular weight excluding hydrogens is 368 g/mol. The molecule has 0 bridgehead atoms. The Bertz CT molecular complexity index is 918. The highest BCUT2D eigenvalue weighted by Crippen LogP contribution is 2.41. The minimum atomic E-state index is -3.70. The summed E-state index contributed by atoms with van der Waals surface area (Å²) in [5.41, 5.74) is 0.467. The van der Waals surface area contributed by atoms with Crippen LogP contribution in [-0.4, -0.2) is 40.0 Å². The van der Waals surface area contributed by atoms with Gasteiger partial charge in [-0.1, -0.05) is 11.3 Å². The van der Waals surface area contributed by atoms with Crippen molar-refractivity contribution in [2.45, 2.75) is 25.7 Å². The number of hydrogen-bond donors (Lipinski definition) is 1. The smallest absolute Gasteiger partial charge is 0.395 e. The number of hydrogen-bond acceptors (Lipinski definition) is 5. The minimum Gasteiger partial charge on any atom is -0.395 e. The second kappa shape index (κ2) is 6.36. The molecule has 2 aromatic rings. The molecule has 1 fully saturated rings. The normalized spacial score (nSPS) is 18.6. The number of alkyl halides is 2. The zero-order valence-corrected chi connectivity index (χ0v) is 14.3. The summed E-state index contributed by atoms with van der Waals surface area (Å²) in [7, 11) is 0. The van der Waals surface area contributed by atoms with E-state index in [9.17, 15) is 18.7 Å². The van der Waals surface area contributed by atoms with E-state index in [0.29, 0.717) is 28.5 Å². The Morgan fingerprint density at radius 1 is 1.27 bits per heavy atom. The van der Waals surface area contributed by atoms with Gasteiger partial charge in [-0.3, -0.25) is 4.57 Å². The van der Waals surface area contributed by atoms with Crippen LogP contribution in [0.5, 0.6) is 11.5 Å². The number of likely N-dealkylation sites (tertiary alicyclic amines) is 1. The Morgan fingerprint density at radius 2 is 2.00 bits per heavy atom. The molecule has 7 nitrogen and oxygen atoms in total. The van der Waals surface area contributed by atoms with E-state index in [1.165, 1.54) is 12.1 Å². The quantitative estimate of drug-likeness (QED) is 0.864. The number of urea groups is 1. The largest absolute Gasteiger partial charge is 0.586 e. The highest BCUT2D eigenvalue weighted by molar-refractivity contribution is 7.09. The van der Waals surface area contributed by atoms with Crippen molar-refractivity contribution in [3.8, 4) is 17.2 Å². The number of aliphatic hydroxyl groups excluding tert-OH is 1. The maximum absolute atomic E-state index is 13.2. The Labute approximate surface area is 150 Å². The van der Waals surface area contributed by atoms with E-state index < -0.39 is 6.29 Å². The first-order chi connectivity index (χ1) is 12.4. The Hall–Kier alpha value is -2.46. The highest BCUT2D eigenvalue weighted by Gasteiger charge is 2.43. The number of nitrogens with zero attached hydrogens (tertiary/aromatic N) is 3. The molecule has 0 radical (unpaired) electrons. The first kappa shape index (κ1) is 17.0. The fourth-order valence-electron chi connectivity index (χ4n) is 2.88. The number of carbonyl (C=O) groups excluding carboxylic acids is 1. The van der Waals surface area contributed by atoms with Crippen molar-refractivity contribution >= 4 is 17.4 Å². The number of benzene rings is 1. The van der Waals surface area contributed by atoms with Crippen molar-refractivity contribution in [3.63, 3.8) is 0 Å². The Balaban J connectivity index is 1.73. The Kier molecular flexibility index (Phi) is 4.16. The number of carbonyl (C=O) groups is 1. The van der Waals surface area contributed by atoms with Gasteiger partial charge in [-0.05, 0) is 25.0 Å². The summed E-state index contributed by atoms with van der Waals surface area (Å²) in [5, 5.41) is 9.41. The number of aliphatic hydroxyl groups is 1. The molecule has 0 atom stereocenters. The first-order valence-electron chi connectivity index (χ1n) is 8.01. The van der Waals surface area contributed by atoms with Gasteiger partial charge in [0.05, 0.1) is 17.2 Å². The van der Waals surface area contributed by atoms with Crippen molar-refractivity contribution in [1.82, 2.24) is 9.47 Å². The lowest BCUT2D eigenvalue weighted by atomic mass is 10.3. The van der Waals surface area contributed by atoms with Gasteiger partial charge in [-0.25, -0.2) is 4.79 Å². The van der Waals surface area contributed by atoms with Crippen LogP contribution in [0.15, 0.2) is 29.4 Å². The molecular formula is C16H15F2N3O4S. The molecule has 1 aromatic heterocycles. The van der Waals surface area contributed by atoms with Gasteiger partial charge in [0.15, 0.2) is 16.3 Å². The third-order valence-electron chi connectivity index (χ3n) is 4.09. The lowest BCUT2D eigenvalue weighted by Crippen LogP contribution is -2.27. The lowest BCUT2D eigenvalue weighted by Gasteiger charge is -2.10. The van der Waals surface area contributed by atoms with E-state index in [0.717, 1.165) is 24.2 Å². The van der Waals surface area contributed by atoms with Crippen LogP contribution in [0.2, 0.25) is 0 Å². The molecule has 10 heteroatoms. The van der Waals surface area contributed by atoms with Gasteiger partial charge in [0.1, 0.15) is 0 Å². The van der Waals surface area contributed by atoms with Crippen molar-refractivity contribution in [2.75, 3.05) is 13.1 Å². The third kappa shape index (κ3) is 3.17. The summed E-state index contributed by atoms with van der Waals surface area (Å²) >= 11 is 1.15. The SMILES string of the molecule is O=C(/N=c1\sc(CO)cn1-c1ccc2c(c1)OC(F)(F)O2)N1CCCC1. The topological polar surface area (TPSA) is 76.3 Å². The lowest BCUT2D eigenvalue weighted by molar-refractivity contribution is -0.286. The number of fused-ring (bicyclic) bond motifs is 1. The van der Waals surface area contributed by atoms with Gasteiger partial charge in [0.2, 0.25) is 0 Å². The van der Waals surface area contributed by atoms with E-state index in [2.05, 4.69) is 14.5 Å². The van der Waals surface area contributed by atoms with Gasteiger partial charge < -0.3 is 19.5 Å². The standard InChI is InChI=1S/C16H15F2N3O4S/c17-16(18)24-12-4-3-10(7-13(12)25-16)21-8-11(9-22)26-15(21)19-14(23)20-5-1-2-6-20/h3-4,7-8,22H,1-2,5-6,9H2/b19-15-. The van der Waals surface area contributed by atoms with Crippen LogP contribution < -0.4 is 14.3 Å². The number of rotatable bonds is 2. The van der Waals surface area contributed by atoms with Crippen molar-refractivity contribution < 1.29 is 28.2 Å². The number of amides is 2. The van der Waals surface area contributed by atoms with Crippen LogP contribution in [0, 0.1) is 0 Å². The summed E-state index contributed by atoms with van der Waals surface area (Å²) in [6.45, 7) is 1.11. The average Bonchev–Trinajstić information content (AvgIpc) is 3.30. The van der Waals surface area contributed by atoms with Crippen LogP contribution in [0.25, 0.3) is 5.69 Å². The van der Waals surface area contributed by atoms with Gasteiger partial charge in [-0.2, -0.15) is 4.99 Å². The van der Waals surface area contributed by atoms with Gasteiger partial charge in [-0.15, -0.1) is 8.78 Å². The van der Waals surface area contributed by atoms with Crippen LogP contribution in [0.3, 0.4) is 0 Å². The van der Waals surface area contributed by atoms with Crippen LogP contribution in [0.1, 0.15) is 17.7 Å². The highest BCUT2D eigenvalue weighted by atomic mass is 32.1. The Morgan fingerprint density at radius 3 is 2.73 bits per heavy atom. The molecule has 3 heterocycles. The first-order valence-corrected chi connectivity index (χ1v) is 8.83. The van der Waals surface area contributed by atoms with Gasteiger partial charge in [0, 0.05) is 25.4 Å². The molecule has 2 aliphatic rings. The summed E-state index contributed by atoms with van der Waals surface area (Å²) in [4.78, 5) is 19.0. The molecule has 2 amide bonds. The summed E-state index contributed by atoms with van der Waals surface area (Å²) < 4.78 is 36.8. The second-order valence-electron chi connectivity index (χ2n) is 5.90.